The molecule has 2 heterocycles. The Bertz CT molecular complexity index is 1830. The van der Waals surface area contributed by atoms with Crippen molar-refractivity contribution in [2.24, 2.45) is 0 Å². The maximum Gasteiger partial charge on any atom is 0.266 e. The number of ether oxygens (including phenoxy) is 1. The summed E-state index contributed by atoms with van der Waals surface area (Å²) < 4.78 is 5.82. The molecule has 0 bridgehead atoms. The highest BCUT2D eigenvalue weighted by Gasteiger charge is 2.38. The van der Waals surface area contributed by atoms with Crippen LogP contribution in [-0.4, -0.2) is 33.8 Å². The zero-order chi connectivity index (χ0) is 29.2. The van der Waals surface area contributed by atoms with Gasteiger partial charge in [-0.15, -0.1) is 0 Å². The van der Waals surface area contributed by atoms with Crippen LogP contribution < -0.4 is 15.0 Å². The normalized spacial score (nSPS) is 14.3. The second kappa shape index (κ2) is 9.06. The van der Waals surface area contributed by atoms with E-state index in [1.54, 1.807) is 12.1 Å². The Labute approximate surface area is 234 Å². The highest BCUT2D eigenvalue weighted by molar-refractivity contribution is 6.35. The van der Waals surface area contributed by atoms with Crippen molar-refractivity contribution in [3.8, 4) is 34.1 Å². The average Bonchev–Trinajstić information content (AvgIpc) is 3.34. The lowest BCUT2D eigenvalue weighted by Crippen LogP contribution is -2.29. The molecule has 0 radical (unpaired) electrons. The van der Waals surface area contributed by atoms with E-state index >= 15 is 0 Å². The minimum absolute atomic E-state index is 0.0206. The molecule has 0 atom stereocenters. The minimum Gasteiger partial charge on any atom is -0.508 e. The Morgan fingerprint density at radius 2 is 1.20 bits per heavy atom. The lowest BCUT2D eigenvalue weighted by atomic mass is 9.85. The molecular weight excluding hydrogens is 524 g/mol. The highest BCUT2D eigenvalue weighted by Crippen LogP contribution is 2.40. The number of benzene rings is 4. The number of amides is 4. The van der Waals surface area contributed by atoms with Gasteiger partial charge in [-0.25, -0.2) is 4.90 Å². The van der Waals surface area contributed by atoms with E-state index in [2.05, 4.69) is 5.32 Å². The van der Waals surface area contributed by atoms with E-state index in [-0.39, 0.29) is 56.4 Å². The number of carbonyl (C=O) groups excluding carboxylic acids is 4. The summed E-state index contributed by atoms with van der Waals surface area (Å²) in [5, 5.41) is 23.6. The van der Waals surface area contributed by atoms with Crippen molar-refractivity contribution in [1.29, 1.82) is 0 Å². The van der Waals surface area contributed by atoms with Gasteiger partial charge in [0.1, 0.15) is 23.0 Å². The molecule has 0 aromatic heterocycles. The molecule has 2 aliphatic rings. The number of hydrogen-bond acceptors (Lipinski definition) is 7. The van der Waals surface area contributed by atoms with Crippen molar-refractivity contribution >= 4 is 29.3 Å². The Hall–Kier alpha value is -5.44. The standard InChI is InChI=1S/C32H24N2O7/c1-32(2,3)24-10-4-16(12-26(24)35)17-5-11-25(27(36)13-17)34-30(39)21-9-7-19(15-23(21)31(34)40)41-18-6-8-20-22(14-18)29(38)33-28(20)37/h4-15,35-36H,1-3H3,(H,33,37,38). The molecule has 4 aromatic carbocycles. The van der Waals surface area contributed by atoms with Crippen LogP contribution in [0.15, 0.2) is 72.8 Å². The Balaban J connectivity index is 1.26. The second-order valence-corrected chi connectivity index (χ2v) is 10.9. The van der Waals surface area contributed by atoms with Crippen LogP contribution in [0.4, 0.5) is 5.69 Å². The van der Waals surface area contributed by atoms with Crippen molar-refractivity contribution in [2.45, 2.75) is 26.2 Å². The van der Waals surface area contributed by atoms with Crippen molar-refractivity contribution < 1.29 is 34.1 Å². The number of fused-ring (bicyclic) bond motifs is 2. The summed E-state index contributed by atoms with van der Waals surface area (Å²) in [6, 6.07) is 18.7. The second-order valence-electron chi connectivity index (χ2n) is 10.9. The predicted octanol–water partition coefficient (Wildman–Crippen LogP) is 5.54. The zero-order valence-electron chi connectivity index (χ0n) is 22.3. The van der Waals surface area contributed by atoms with Gasteiger partial charge in [0.15, 0.2) is 0 Å². The van der Waals surface area contributed by atoms with E-state index in [1.807, 2.05) is 32.9 Å². The smallest absolute Gasteiger partial charge is 0.266 e. The van der Waals surface area contributed by atoms with Crippen LogP contribution in [-0.2, 0) is 5.41 Å². The van der Waals surface area contributed by atoms with Crippen molar-refractivity contribution in [2.75, 3.05) is 4.90 Å². The third-order valence-electron chi connectivity index (χ3n) is 7.16. The lowest BCUT2D eigenvalue weighted by Gasteiger charge is -2.21. The number of imide groups is 2. The maximum atomic E-state index is 13.3. The maximum absolute atomic E-state index is 13.3. The Morgan fingerprint density at radius 3 is 1.83 bits per heavy atom. The molecule has 0 saturated heterocycles. The molecule has 9 heteroatoms. The van der Waals surface area contributed by atoms with Gasteiger partial charge in [0.2, 0.25) is 0 Å². The van der Waals surface area contributed by atoms with Crippen LogP contribution in [0.5, 0.6) is 23.0 Å². The summed E-state index contributed by atoms with van der Waals surface area (Å²) in [4.78, 5) is 51.2. The summed E-state index contributed by atoms with van der Waals surface area (Å²) in [7, 11) is 0. The number of anilines is 1. The zero-order valence-corrected chi connectivity index (χ0v) is 22.3. The fourth-order valence-electron chi connectivity index (χ4n) is 5.09. The van der Waals surface area contributed by atoms with Crippen LogP contribution in [0.2, 0.25) is 0 Å². The van der Waals surface area contributed by atoms with Crippen LogP contribution >= 0.6 is 0 Å². The topological polar surface area (TPSA) is 133 Å². The van der Waals surface area contributed by atoms with Crippen LogP contribution in [0, 0.1) is 0 Å². The molecule has 0 saturated carbocycles. The number of phenolic OH excluding ortho intramolecular Hbond substituents is 2. The molecule has 6 rings (SSSR count). The van der Waals surface area contributed by atoms with Gasteiger partial charge in [0.25, 0.3) is 23.6 Å². The van der Waals surface area contributed by atoms with Crippen molar-refractivity contribution in [3.63, 3.8) is 0 Å². The number of nitrogens with zero attached hydrogens (tertiary/aromatic N) is 1. The molecule has 204 valence electrons. The van der Waals surface area contributed by atoms with Crippen LogP contribution in [0.25, 0.3) is 11.1 Å². The van der Waals surface area contributed by atoms with Gasteiger partial charge in [-0.05, 0) is 76.7 Å². The molecule has 4 aromatic rings. The molecule has 9 nitrogen and oxygen atoms in total. The summed E-state index contributed by atoms with van der Waals surface area (Å²) in [5.74, 6) is -1.86. The van der Waals surface area contributed by atoms with E-state index in [0.29, 0.717) is 11.1 Å². The van der Waals surface area contributed by atoms with Gasteiger partial charge in [-0.2, -0.15) is 0 Å². The summed E-state index contributed by atoms with van der Waals surface area (Å²) >= 11 is 0. The lowest BCUT2D eigenvalue weighted by molar-refractivity contribution is 0.0874. The first-order valence-corrected chi connectivity index (χ1v) is 12.8. The fraction of sp³-hybridized carbons (Fsp3) is 0.125. The Kier molecular flexibility index (Phi) is 5.70. The first-order chi connectivity index (χ1) is 19.4. The van der Waals surface area contributed by atoms with E-state index in [9.17, 15) is 29.4 Å². The van der Waals surface area contributed by atoms with E-state index in [4.69, 9.17) is 4.74 Å². The summed E-state index contributed by atoms with van der Waals surface area (Å²) in [6.07, 6.45) is 0. The number of phenols is 2. The molecule has 41 heavy (non-hydrogen) atoms. The van der Waals surface area contributed by atoms with E-state index in [1.165, 1.54) is 48.5 Å². The minimum atomic E-state index is -0.635. The molecule has 0 aliphatic carbocycles. The molecule has 0 unspecified atom stereocenters. The molecular formula is C32H24N2O7. The number of carbonyl (C=O) groups is 4. The van der Waals surface area contributed by atoms with Gasteiger partial charge >= 0.3 is 0 Å². The van der Waals surface area contributed by atoms with Crippen molar-refractivity contribution in [3.05, 3.63) is 101 Å². The third kappa shape index (κ3) is 4.28. The largest absolute Gasteiger partial charge is 0.508 e. The van der Waals surface area contributed by atoms with Gasteiger partial charge in [0, 0.05) is 0 Å². The van der Waals surface area contributed by atoms with Crippen molar-refractivity contribution in [1.82, 2.24) is 5.32 Å². The van der Waals surface area contributed by atoms with Gasteiger partial charge in [0.05, 0.1) is 27.9 Å². The summed E-state index contributed by atoms with van der Waals surface area (Å²) in [5.41, 5.74) is 2.49. The molecule has 2 aliphatic heterocycles. The average molecular weight is 549 g/mol. The monoisotopic (exact) mass is 548 g/mol. The summed E-state index contributed by atoms with van der Waals surface area (Å²) in [6.45, 7) is 5.99. The third-order valence-corrected chi connectivity index (χ3v) is 7.16. The van der Waals surface area contributed by atoms with E-state index in [0.717, 1.165) is 10.5 Å². The first-order valence-electron chi connectivity index (χ1n) is 12.8. The van der Waals surface area contributed by atoms with Crippen LogP contribution in [0.1, 0.15) is 67.8 Å². The molecule has 0 spiro atoms. The molecule has 3 N–H and O–H groups in total. The number of hydrogen-bond donors (Lipinski definition) is 3. The van der Waals surface area contributed by atoms with Gasteiger partial charge in [-0.3, -0.25) is 24.5 Å². The SMILES string of the molecule is CC(C)(C)c1ccc(-c2ccc(N3C(=O)c4ccc(Oc5ccc6c(c5)C(=O)NC6=O)cc4C3=O)c(O)c2)cc1O. The number of rotatable bonds is 4. The Morgan fingerprint density at radius 1 is 0.634 bits per heavy atom. The van der Waals surface area contributed by atoms with Crippen LogP contribution in [0.3, 0.4) is 0 Å². The number of nitrogens with one attached hydrogen (secondary N) is 1. The number of aromatic hydroxyl groups is 2. The van der Waals surface area contributed by atoms with Gasteiger partial charge < -0.3 is 14.9 Å². The molecule has 0 fully saturated rings. The predicted molar refractivity (Wildman–Crippen MR) is 150 cm³/mol. The van der Waals surface area contributed by atoms with Gasteiger partial charge in [-0.1, -0.05) is 39.0 Å². The quantitative estimate of drug-likeness (QED) is 0.285. The first kappa shape index (κ1) is 25.8. The highest BCUT2D eigenvalue weighted by atomic mass is 16.5. The fourth-order valence-corrected chi connectivity index (χ4v) is 5.09. The molecule has 4 amide bonds. The van der Waals surface area contributed by atoms with E-state index < -0.39 is 23.6 Å².